The molecule has 0 bridgehead atoms. The Kier molecular flexibility index (Phi) is 4.96. The minimum Gasteiger partial charge on any atom is -0.323 e. The molecule has 21 heavy (non-hydrogen) atoms. The van der Waals surface area contributed by atoms with Gasteiger partial charge in [0.05, 0.1) is 10.7 Å². The van der Waals surface area contributed by atoms with Gasteiger partial charge in [0.2, 0.25) is 0 Å². The number of nitrogens with zero attached hydrogens (tertiary/aromatic N) is 2. The van der Waals surface area contributed by atoms with Crippen LogP contribution in [0.15, 0.2) is 68.2 Å². The van der Waals surface area contributed by atoms with Gasteiger partial charge >= 0.3 is 0 Å². The third-order valence-electron chi connectivity index (χ3n) is 3.09. The number of halogens is 1. The van der Waals surface area contributed by atoms with Crippen molar-refractivity contribution in [1.82, 2.24) is 9.55 Å². The zero-order valence-corrected chi connectivity index (χ0v) is 12.7. The molecule has 0 N–H and O–H groups in total. The van der Waals surface area contributed by atoms with Gasteiger partial charge in [-0.1, -0.05) is 49.1 Å². The van der Waals surface area contributed by atoms with Gasteiger partial charge in [-0.25, -0.2) is 0 Å². The molecule has 0 fully saturated rings. The van der Waals surface area contributed by atoms with Crippen molar-refractivity contribution in [2.24, 2.45) is 0 Å². The molecule has 106 valence electrons. The maximum atomic E-state index is 6.31. The highest BCUT2D eigenvalue weighted by atomic mass is 35.5. The normalized spacial score (nSPS) is 11.8. The lowest BCUT2D eigenvalue weighted by Crippen LogP contribution is -1.93. The second-order valence-corrected chi connectivity index (χ2v) is 4.79. The van der Waals surface area contributed by atoms with Gasteiger partial charge in [-0.3, -0.25) is 4.98 Å². The summed E-state index contributed by atoms with van der Waals surface area (Å²) in [5.74, 6) is 0. The Bertz CT molecular complexity index is 721. The van der Waals surface area contributed by atoms with E-state index >= 15 is 0 Å². The predicted molar refractivity (Wildman–Crippen MR) is 92.0 cm³/mol. The van der Waals surface area contributed by atoms with Gasteiger partial charge < -0.3 is 4.57 Å². The van der Waals surface area contributed by atoms with E-state index in [9.17, 15) is 0 Å². The van der Waals surface area contributed by atoms with Crippen molar-refractivity contribution in [3.05, 3.63) is 78.8 Å². The fraction of sp³-hybridized carbons (Fsp3) is 0.0556. The topological polar surface area (TPSA) is 17.8 Å². The van der Waals surface area contributed by atoms with E-state index in [0.717, 1.165) is 22.4 Å². The van der Waals surface area contributed by atoms with E-state index in [4.69, 9.17) is 11.6 Å². The number of rotatable bonds is 5. The first-order valence-electron chi connectivity index (χ1n) is 6.62. The summed E-state index contributed by atoms with van der Waals surface area (Å²) in [7, 11) is 0. The average molecular weight is 297 g/mol. The van der Waals surface area contributed by atoms with Gasteiger partial charge in [0.25, 0.3) is 0 Å². The molecule has 0 amide bonds. The van der Waals surface area contributed by atoms with E-state index < -0.39 is 0 Å². The van der Waals surface area contributed by atoms with Gasteiger partial charge in [-0.2, -0.15) is 0 Å². The van der Waals surface area contributed by atoms with E-state index in [0.29, 0.717) is 5.02 Å². The molecule has 0 saturated carbocycles. The molecule has 3 heteroatoms. The van der Waals surface area contributed by atoms with Gasteiger partial charge in [-0.05, 0) is 24.6 Å². The van der Waals surface area contributed by atoms with Crippen molar-refractivity contribution in [2.45, 2.75) is 6.92 Å². The zero-order chi connectivity index (χ0) is 15.2. The number of pyridine rings is 1. The molecular formula is C18H17ClN2. The fourth-order valence-electron chi connectivity index (χ4n) is 2.23. The maximum Gasteiger partial charge on any atom is 0.0682 e. The van der Waals surface area contributed by atoms with Crippen LogP contribution in [0.5, 0.6) is 0 Å². The monoisotopic (exact) mass is 296 g/mol. The van der Waals surface area contributed by atoms with Crippen LogP contribution in [0.4, 0.5) is 0 Å². The largest absolute Gasteiger partial charge is 0.323 e. The Labute approximate surface area is 130 Å². The molecule has 2 aromatic heterocycles. The Morgan fingerprint density at radius 1 is 1.33 bits per heavy atom. The van der Waals surface area contributed by atoms with Gasteiger partial charge in [0, 0.05) is 35.9 Å². The minimum atomic E-state index is 0.610. The molecular weight excluding hydrogens is 280 g/mol. The average Bonchev–Trinajstić information content (AvgIpc) is 2.91. The van der Waals surface area contributed by atoms with Crippen molar-refractivity contribution < 1.29 is 0 Å². The highest BCUT2D eigenvalue weighted by molar-refractivity contribution is 6.33. The summed E-state index contributed by atoms with van der Waals surface area (Å²) >= 11 is 6.31. The van der Waals surface area contributed by atoms with Crippen LogP contribution < -0.4 is 0 Å². The number of allylic oxidation sites excluding steroid dienone is 5. The van der Waals surface area contributed by atoms with E-state index in [2.05, 4.69) is 18.1 Å². The number of hydrogen-bond donors (Lipinski definition) is 0. The third kappa shape index (κ3) is 3.06. The molecule has 0 unspecified atom stereocenters. The van der Waals surface area contributed by atoms with Crippen molar-refractivity contribution in [3.8, 4) is 11.3 Å². The van der Waals surface area contributed by atoms with Crippen molar-refractivity contribution >= 4 is 23.4 Å². The number of aromatic nitrogens is 2. The molecule has 0 aliphatic carbocycles. The van der Waals surface area contributed by atoms with Crippen LogP contribution >= 0.6 is 11.6 Å². The summed E-state index contributed by atoms with van der Waals surface area (Å²) in [6.45, 7) is 9.63. The van der Waals surface area contributed by atoms with E-state index in [1.807, 2.05) is 48.0 Å². The lowest BCUT2D eigenvalue weighted by Gasteiger charge is -2.10. The summed E-state index contributed by atoms with van der Waals surface area (Å²) in [6.07, 6.45) is 14.9. The van der Waals surface area contributed by atoms with Gasteiger partial charge in [-0.15, -0.1) is 0 Å². The van der Waals surface area contributed by atoms with E-state index in [1.54, 1.807) is 24.7 Å². The molecule has 2 rings (SSSR count). The first-order chi connectivity index (χ1) is 10.2. The van der Waals surface area contributed by atoms with Crippen molar-refractivity contribution in [2.75, 3.05) is 0 Å². The fourth-order valence-corrected chi connectivity index (χ4v) is 2.43. The second-order valence-electron chi connectivity index (χ2n) is 4.38. The molecule has 0 saturated heterocycles. The smallest absolute Gasteiger partial charge is 0.0682 e. The second kappa shape index (κ2) is 6.91. The quantitative estimate of drug-likeness (QED) is 0.671. The first kappa shape index (κ1) is 15.1. The molecule has 0 radical (unpaired) electrons. The SMILES string of the molecule is C=C/C=C(\C=C/C)c1ccn(C=C)c1-c1ccncc1Cl. The molecule has 0 aromatic carbocycles. The van der Waals surface area contributed by atoms with E-state index in [1.165, 1.54) is 0 Å². The predicted octanol–water partition coefficient (Wildman–Crippen LogP) is 5.45. The lowest BCUT2D eigenvalue weighted by molar-refractivity contribution is 1.17. The van der Waals surface area contributed by atoms with Crippen molar-refractivity contribution in [1.29, 1.82) is 0 Å². The molecule has 0 aliphatic heterocycles. The van der Waals surface area contributed by atoms with Crippen molar-refractivity contribution in [3.63, 3.8) is 0 Å². The summed E-state index contributed by atoms with van der Waals surface area (Å²) in [5.41, 5.74) is 4.05. The molecule has 0 atom stereocenters. The summed E-state index contributed by atoms with van der Waals surface area (Å²) in [5, 5.41) is 0.610. The van der Waals surface area contributed by atoms with Crippen LogP contribution in [0.3, 0.4) is 0 Å². The molecule has 0 aliphatic rings. The Morgan fingerprint density at radius 2 is 2.14 bits per heavy atom. The summed E-state index contributed by atoms with van der Waals surface area (Å²) in [6, 6.07) is 3.95. The highest BCUT2D eigenvalue weighted by Crippen LogP contribution is 2.34. The molecule has 2 aromatic rings. The minimum absolute atomic E-state index is 0.610. The van der Waals surface area contributed by atoms with Crippen LogP contribution in [0, 0.1) is 0 Å². The Morgan fingerprint density at radius 3 is 2.76 bits per heavy atom. The summed E-state index contributed by atoms with van der Waals surface area (Å²) in [4.78, 5) is 4.05. The van der Waals surface area contributed by atoms with E-state index in [-0.39, 0.29) is 0 Å². The standard InChI is InChI=1S/C18H17ClN2/c1-4-7-14(8-5-2)15-10-12-21(6-3)18(15)16-9-11-20-13-17(16)19/h4-13H,1,3H2,2H3/b8-5-,14-7+. The zero-order valence-electron chi connectivity index (χ0n) is 12.0. The molecule has 0 spiro atoms. The van der Waals surface area contributed by atoms with Crippen LogP contribution in [0.25, 0.3) is 23.0 Å². The maximum absolute atomic E-state index is 6.31. The first-order valence-corrected chi connectivity index (χ1v) is 6.99. The Hall–Kier alpha value is -2.32. The van der Waals surface area contributed by atoms with Crippen LogP contribution in [0.1, 0.15) is 12.5 Å². The number of hydrogen-bond acceptors (Lipinski definition) is 1. The highest BCUT2D eigenvalue weighted by Gasteiger charge is 2.14. The van der Waals surface area contributed by atoms with Crippen LogP contribution in [-0.2, 0) is 0 Å². The molecule has 2 heterocycles. The summed E-state index contributed by atoms with van der Waals surface area (Å²) < 4.78 is 1.96. The Balaban J connectivity index is 2.73. The lowest BCUT2D eigenvalue weighted by atomic mass is 10.0. The third-order valence-corrected chi connectivity index (χ3v) is 3.40. The van der Waals surface area contributed by atoms with Crippen LogP contribution in [-0.4, -0.2) is 9.55 Å². The van der Waals surface area contributed by atoms with Gasteiger partial charge in [0.1, 0.15) is 0 Å². The molecule has 2 nitrogen and oxygen atoms in total. The van der Waals surface area contributed by atoms with Gasteiger partial charge in [0.15, 0.2) is 0 Å². The van der Waals surface area contributed by atoms with Crippen LogP contribution in [0.2, 0.25) is 5.02 Å².